The third kappa shape index (κ3) is 3.04. The third-order valence-corrected chi connectivity index (χ3v) is 2.55. The lowest BCUT2D eigenvalue weighted by Gasteiger charge is -2.16. The molecule has 0 amide bonds. The summed E-state index contributed by atoms with van der Waals surface area (Å²) in [5.74, 6) is 0.576. The van der Waals surface area contributed by atoms with Gasteiger partial charge in [-0.3, -0.25) is 4.98 Å². The summed E-state index contributed by atoms with van der Waals surface area (Å²) in [4.78, 5) is 6.27. The van der Waals surface area contributed by atoms with E-state index >= 15 is 0 Å². The molecule has 6 heteroatoms. The zero-order chi connectivity index (χ0) is 12.8. The highest BCUT2D eigenvalue weighted by Gasteiger charge is 2.13. The minimum Gasteiger partial charge on any atom is -0.408 e. The minimum absolute atomic E-state index is 0.508. The van der Waals surface area contributed by atoms with Crippen LogP contribution in [0, 0.1) is 0 Å². The molecule has 2 aromatic heterocycles. The van der Waals surface area contributed by atoms with Gasteiger partial charge in [-0.15, -0.1) is 5.10 Å². The van der Waals surface area contributed by atoms with Gasteiger partial charge in [0.2, 0.25) is 5.89 Å². The molecule has 0 radical (unpaired) electrons. The van der Waals surface area contributed by atoms with Crippen molar-refractivity contribution in [1.82, 2.24) is 15.2 Å². The molecule has 2 aromatic rings. The molecule has 6 nitrogen and oxygen atoms in total. The maximum atomic E-state index is 5.55. The molecule has 2 N–H and O–H groups in total. The average molecular weight is 247 g/mol. The van der Waals surface area contributed by atoms with Crippen LogP contribution >= 0.6 is 0 Å². The van der Waals surface area contributed by atoms with Gasteiger partial charge in [-0.1, -0.05) is 11.2 Å². The third-order valence-electron chi connectivity index (χ3n) is 2.55. The zero-order valence-corrected chi connectivity index (χ0v) is 10.4. The summed E-state index contributed by atoms with van der Waals surface area (Å²) in [6, 6.07) is 6.35. The molecular weight excluding hydrogens is 230 g/mol. The van der Waals surface area contributed by atoms with Crippen molar-refractivity contribution in [2.24, 2.45) is 5.73 Å². The minimum atomic E-state index is 0.508. The second-order valence-corrected chi connectivity index (χ2v) is 3.85. The van der Waals surface area contributed by atoms with Gasteiger partial charge in [0.1, 0.15) is 0 Å². The molecule has 0 atom stereocenters. The Morgan fingerprint density at radius 1 is 1.33 bits per heavy atom. The van der Waals surface area contributed by atoms with Gasteiger partial charge in [-0.05, 0) is 19.1 Å². The van der Waals surface area contributed by atoms with Gasteiger partial charge in [0.15, 0.2) is 0 Å². The Kier molecular flexibility index (Phi) is 4.25. The molecule has 0 aliphatic heterocycles. The highest BCUT2D eigenvalue weighted by Crippen LogP contribution is 2.14. The van der Waals surface area contributed by atoms with Crippen LogP contribution in [0.4, 0.5) is 6.01 Å². The number of nitrogens with zero attached hydrogens (tertiary/aromatic N) is 4. The Bertz CT molecular complexity index is 470. The Balaban J connectivity index is 2.08. The molecule has 0 saturated carbocycles. The summed E-state index contributed by atoms with van der Waals surface area (Å²) in [7, 11) is 0. The van der Waals surface area contributed by atoms with Gasteiger partial charge in [-0.25, -0.2) is 0 Å². The maximum Gasteiger partial charge on any atom is 0.318 e. The maximum absolute atomic E-state index is 5.55. The smallest absolute Gasteiger partial charge is 0.318 e. The van der Waals surface area contributed by atoms with E-state index in [0.717, 1.165) is 12.2 Å². The van der Waals surface area contributed by atoms with Crippen molar-refractivity contribution in [2.75, 3.05) is 18.0 Å². The highest BCUT2D eigenvalue weighted by molar-refractivity contribution is 5.25. The second-order valence-electron chi connectivity index (χ2n) is 3.85. The van der Waals surface area contributed by atoms with Crippen molar-refractivity contribution in [2.45, 2.75) is 19.9 Å². The first-order valence-electron chi connectivity index (χ1n) is 6.00. The van der Waals surface area contributed by atoms with Gasteiger partial charge in [-0.2, -0.15) is 0 Å². The van der Waals surface area contributed by atoms with E-state index in [0.29, 0.717) is 31.4 Å². The van der Waals surface area contributed by atoms with E-state index < -0.39 is 0 Å². The fourth-order valence-electron chi connectivity index (χ4n) is 1.60. The number of nitrogens with two attached hydrogens (primary N) is 1. The molecule has 2 rings (SSSR count). The summed E-state index contributed by atoms with van der Waals surface area (Å²) in [5.41, 5.74) is 6.42. The predicted octanol–water partition coefficient (Wildman–Crippen LogP) is 0.992. The molecule has 0 bridgehead atoms. The van der Waals surface area contributed by atoms with Gasteiger partial charge < -0.3 is 15.1 Å². The summed E-state index contributed by atoms with van der Waals surface area (Å²) >= 11 is 0. The molecule has 0 aromatic carbocycles. The Labute approximate surface area is 106 Å². The summed E-state index contributed by atoms with van der Waals surface area (Å²) < 4.78 is 5.55. The fraction of sp³-hybridized carbons (Fsp3) is 0.417. The van der Waals surface area contributed by atoms with Crippen LogP contribution < -0.4 is 10.6 Å². The quantitative estimate of drug-likeness (QED) is 0.820. The lowest BCUT2D eigenvalue weighted by atomic mass is 10.3. The molecule has 2 heterocycles. The molecule has 0 spiro atoms. The van der Waals surface area contributed by atoms with Crippen LogP contribution in [0.1, 0.15) is 18.5 Å². The molecule has 0 aliphatic carbocycles. The fourth-order valence-corrected chi connectivity index (χ4v) is 1.60. The van der Waals surface area contributed by atoms with Crippen molar-refractivity contribution in [3.05, 3.63) is 36.0 Å². The number of anilines is 1. The van der Waals surface area contributed by atoms with Crippen molar-refractivity contribution >= 4 is 6.01 Å². The molecule has 0 aliphatic rings. The largest absolute Gasteiger partial charge is 0.408 e. The van der Waals surface area contributed by atoms with Gasteiger partial charge in [0, 0.05) is 25.7 Å². The second kappa shape index (κ2) is 6.11. The van der Waals surface area contributed by atoms with Crippen LogP contribution in [-0.2, 0) is 13.0 Å². The van der Waals surface area contributed by atoms with Crippen molar-refractivity contribution in [3.8, 4) is 0 Å². The first kappa shape index (κ1) is 12.5. The number of rotatable bonds is 6. The lowest BCUT2D eigenvalue weighted by molar-refractivity contribution is 0.483. The molecular formula is C12H17N5O. The van der Waals surface area contributed by atoms with Crippen LogP contribution in [0.5, 0.6) is 0 Å². The van der Waals surface area contributed by atoms with E-state index in [9.17, 15) is 0 Å². The SMILES string of the molecule is CCN(Cc1ccccn1)c1nnc(CCN)o1. The Morgan fingerprint density at radius 3 is 2.89 bits per heavy atom. The number of hydrogen-bond donors (Lipinski definition) is 1. The van der Waals surface area contributed by atoms with Crippen molar-refractivity contribution in [3.63, 3.8) is 0 Å². The van der Waals surface area contributed by atoms with Crippen LogP contribution in [-0.4, -0.2) is 28.3 Å². The number of aromatic nitrogens is 3. The van der Waals surface area contributed by atoms with Crippen LogP contribution in [0.2, 0.25) is 0 Å². The summed E-state index contributed by atoms with van der Waals surface area (Å²) in [5, 5.41) is 7.99. The van der Waals surface area contributed by atoms with E-state index in [1.165, 1.54) is 0 Å². The van der Waals surface area contributed by atoms with Gasteiger partial charge in [0.05, 0.1) is 12.2 Å². The Hall–Kier alpha value is -1.95. The van der Waals surface area contributed by atoms with Crippen molar-refractivity contribution in [1.29, 1.82) is 0 Å². The lowest BCUT2D eigenvalue weighted by Crippen LogP contribution is -2.22. The van der Waals surface area contributed by atoms with E-state index in [1.54, 1.807) is 6.20 Å². The standard InChI is InChI=1S/C12H17N5O/c1-2-17(9-10-5-3-4-8-14-10)12-16-15-11(18-12)6-7-13/h3-5,8H,2,6-7,9,13H2,1H3. The topological polar surface area (TPSA) is 81.1 Å². The predicted molar refractivity (Wildman–Crippen MR) is 68.0 cm³/mol. The van der Waals surface area contributed by atoms with Crippen molar-refractivity contribution < 1.29 is 4.42 Å². The van der Waals surface area contributed by atoms with Crippen LogP contribution in [0.3, 0.4) is 0 Å². The molecule has 0 saturated heterocycles. The molecule has 0 unspecified atom stereocenters. The van der Waals surface area contributed by atoms with E-state index in [1.807, 2.05) is 30.0 Å². The highest BCUT2D eigenvalue weighted by atomic mass is 16.4. The number of hydrogen-bond acceptors (Lipinski definition) is 6. The zero-order valence-electron chi connectivity index (χ0n) is 10.4. The first-order valence-corrected chi connectivity index (χ1v) is 6.00. The normalized spacial score (nSPS) is 10.6. The van der Waals surface area contributed by atoms with Crippen LogP contribution in [0.25, 0.3) is 0 Å². The first-order chi connectivity index (χ1) is 8.83. The number of pyridine rings is 1. The molecule has 18 heavy (non-hydrogen) atoms. The van der Waals surface area contributed by atoms with Crippen LogP contribution in [0.15, 0.2) is 28.8 Å². The van der Waals surface area contributed by atoms with E-state index in [-0.39, 0.29) is 0 Å². The van der Waals surface area contributed by atoms with Gasteiger partial charge >= 0.3 is 6.01 Å². The Morgan fingerprint density at radius 2 is 2.22 bits per heavy atom. The van der Waals surface area contributed by atoms with Gasteiger partial charge in [0.25, 0.3) is 0 Å². The average Bonchev–Trinajstić information content (AvgIpc) is 2.86. The monoisotopic (exact) mass is 247 g/mol. The van der Waals surface area contributed by atoms with E-state index in [4.69, 9.17) is 10.2 Å². The summed E-state index contributed by atoms with van der Waals surface area (Å²) in [6.07, 6.45) is 2.38. The summed E-state index contributed by atoms with van der Waals surface area (Å²) in [6.45, 7) is 3.98. The van der Waals surface area contributed by atoms with E-state index in [2.05, 4.69) is 15.2 Å². The molecule has 96 valence electrons. The molecule has 0 fully saturated rings.